The van der Waals surface area contributed by atoms with Gasteiger partial charge in [-0.3, -0.25) is 4.79 Å². The van der Waals surface area contributed by atoms with Crippen LogP contribution in [0.4, 0.5) is 24.9 Å². The first kappa shape index (κ1) is 29.4. The average molecular weight is 608 g/mol. The second-order valence-electron chi connectivity index (χ2n) is 11.5. The van der Waals surface area contributed by atoms with Crippen molar-refractivity contribution >= 4 is 17.7 Å². The van der Waals surface area contributed by atoms with Crippen LogP contribution in [-0.4, -0.2) is 62.7 Å². The molecule has 6 rings (SSSR count). The van der Waals surface area contributed by atoms with E-state index in [9.17, 15) is 23.1 Å². The molecule has 0 saturated carbocycles. The van der Waals surface area contributed by atoms with Crippen LogP contribution in [0.3, 0.4) is 0 Å². The molecular formula is C31H32F3N7O3. The lowest BCUT2D eigenvalue weighted by molar-refractivity contribution is -0.198. The average Bonchev–Trinajstić information content (AvgIpc) is 3.62. The van der Waals surface area contributed by atoms with Crippen molar-refractivity contribution < 1.29 is 27.8 Å². The van der Waals surface area contributed by atoms with Crippen molar-refractivity contribution in [2.45, 2.75) is 44.5 Å². The minimum atomic E-state index is -4.82. The molecule has 44 heavy (non-hydrogen) atoms. The number of carbonyl (C=O) groups is 1. The summed E-state index contributed by atoms with van der Waals surface area (Å²) in [6, 6.07) is 16.4. The SMILES string of the molecule is Cc1ccn(-c2ccc(-c3ccccc3)cc2C(Oc2cc(N3CCC4(CC3)CNC(C(=O)O)C4)nc(N)n2)C(F)(F)F)n1. The van der Waals surface area contributed by atoms with Crippen LogP contribution in [0.2, 0.25) is 0 Å². The fourth-order valence-electron chi connectivity index (χ4n) is 6.10. The number of nitrogens with two attached hydrogens (primary N) is 1. The molecule has 1 spiro atoms. The van der Waals surface area contributed by atoms with E-state index in [0.29, 0.717) is 56.0 Å². The van der Waals surface area contributed by atoms with E-state index in [4.69, 9.17) is 10.5 Å². The van der Waals surface area contributed by atoms with Crippen molar-refractivity contribution in [2.24, 2.45) is 5.41 Å². The lowest BCUT2D eigenvalue weighted by atomic mass is 9.76. The van der Waals surface area contributed by atoms with Gasteiger partial charge in [0.2, 0.25) is 17.9 Å². The van der Waals surface area contributed by atoms with E-state index in [1.165, 1.54) is 16.8 Å². The second-order valence-corrected chi connectivity index (χ2v) is 11.5. The highest BCUT2D eigenvalue weighted by molar-refractivity contribution is 5.74. The molecule has 2 unspecified atom stereocenters. The Labute approximate surface area is 251 Å². The summed E-state index contributed by atoms with van der Waals surface area (Å²) < 4.78 is 51.6. The summed E-state index contributed by atoms with van der Waals surface area (Å²) in [4.78, 5) is 21.7. The Balaban J connectivity index is 1.31. The number of halogens is 3. The van der Waals surface area contributed by atoms with Gasteiger partial charge in [-0.05, 0) is 60.9 Å². The number of hydrogen-bond donors (Lipinski definition) is 3. The Morgan fingerprint density at radius 1 is 1.09 bits per heavy atom. The van der Waals surface area contributed by atoms with E-state index in [1.54, 1.807) is 31.3 Å². The van der Waals surface area contributed by atoms with Gasteiger partial charge in [-0.25, -0.2) is 4.68 Å². The van der Waals surface area contributed by atoms with Crippen molar-refractivity contribution in [3.8, 4) is 22.7 Å². The molecule has 2 aromatic carbocycles. The largest absolute Gasteiger partial charge is 0.480 e. The van der Waals surface area contributed by atoms with Gasteiger partial charge in [0.1, 0.15) is 11.9 Å². The number of carboxylic acid groups (broad SMARTS) is 1. The normalized spacial score (nSPS) is 18.8. The maximum atomic E-state index is 14.9. The molecule has 4 heterocycles. The third-order valence-electron chi connectivity index (χ3n) is 8.44. The Bertz CT molecular complexity index is 1650. The molecule has 4 aromatic rings. The van der Waals surface area contributed by atoms with Crippen LogP contribution in [-0.2, 0) is 4.79 Å². The number of piperidine rings is 1. The maximum absolute atomic E-state index is 14.9. The smallest absolute Gasteiger partial charge is 0.429 e. The highest BCUT2D eigenvalue weighted by atomic mass is 19.4. The van der Waals surface area contributed by atoms with Crippen LogP contribution in [0, 0.1) is 12.3 Å². The van der Waals surface area contributed by atoms with Gasteiger partial charge in [-0.1, -0.05) is 36.4 Å². The molecule has 4 N–H and O–H groups in total. The van der Waals surface area contributed by atoms with Crippen molar-refractivity contribution in [3.05, 3.63) is 78.1 Å². The summed E-state index contributed by atoms with van der Waals surface area (Å²) in [6.07, 6.45) is -3.67. The van der Waals surface area contributed by atoms with Gasteiger partial charge in [0, 0.05) is 37.5 Å². The molecule has 2 atom stereocenters. The number of nitrogens with zero attached hydrogens (tertiary/aromatic N) is 5. The second kappa shape index (κ2) is 11.5. The highest BCUT2D eigenvalue weighted by Gasteiger charge is 2.46. The Kier molecular flexibility index (Phi) is 7.66. The number of hydrogen-bond acceptors (Lipinski definition) is 8. The molecule has 0 bridgehead atoms. The van der Waals surface area contributed by atoms with E-state index in [-0.39, 0.29) is 28.5 Å². The first-order valence-corrected chi connectivity index (χ1v) is 14.3. The number of alkyl halides is 3. The first-order chi connectivity index (χ1) is 21.0. The molecule has 2 saturated heterocycles. The molecule has 2 aromatic heterocycles. The molecular weight excluding hydrogens is 575 g/mol. The molecule has 230 valence electrons. The van der Waals surface area contributed by atoms with E-state index in [1.807, 2.05) is 35.2 Å². The van der Waals surface area contributed by atoms with E-state index in [2.05, 4.69) is 20.4 Å². The van der Waals surface area contributed by atoms with Crippen LogP contribution < -0.4 is 20.7 Å². The lowest BCUT2D eigenvalue weighted by Gasteiger charge is -2.39. The van der Waals surface area contributed by atoms with Crippen LogP contribution >= 0.6 is 0 Å². The summed E-state index contributed by atoms with van der Waals surface area (Å²) in [7, 11) is 0. The van der Waals surface area contributed by atoms with Crippen LogP contribution in [0.15, 0.2) is 66.9 Å². The molecule has 13 heteroatoms. The Morgan fingerprint density at radius 2 is 1.84 bits per heavy atom. The number of anilines is 2. The monoisotopic (exact) mass is 607 g/mol. The number of nitrogen functional groups attached to an aromatic ring is 1. The number of carboxylic acids is 1. The number of aromatic nitrogens is 4. The van der Waals surface area contributed by atoms with E-state index < -0.39 is 24.3 Å². The van der Waals surface area contributed by atoms with Crippen molar-refractivity contribution in [1.29, 1.82) is 0 Å². The predicted molar refractivity (Wildman–Crippen MR) is 158 cm³/mol. The Hall–Kier alpha value is -4.65. The molecule has 10 nitrogen and oxygen atoms in total. The zero-order valence-electron chi connectivity index (χ0n) is 24.0. The van der Waals surface area contributed by atoms with Crippen molar-refractivity contribution in [1.82, 2.24) is 25.1 Å². The summed E-state index contributed by atoms with van der Waals surface area (Å²) in [5.74, 6) is -1.04. The number of rotatable bonds is 7. The quantitative estimate of drug-likeness (QED) is 0.268. The van der Waals surface area contributed by atoms with Gasteiger partial charge in [0.25, 0.3) is 0 Å². The highest BCUT2D eigenvalue weighted by Crippen LogP contribution is 2.43. The van der Waals surface area contributed by atoms with Gasteiger partial charge >= 0.3 is 12.1 Å². The van der Waals surface area contributed by atoms with Gasteiger partial charge in [-0.15, -0.1) is 0 Å². The Morgan fingerprint density at radius 3 is 2.48 bits per heavy atom. The molecule has 0 amide bonds. The number of ether oxygens (including phenoxy) is 1. The van der Waals surface area contributed by atoms with Crippen molar-refractivity contribution in [2.75, 3.05) is 30.3 Å². The minimum Gasteiger partial charge on any atom is -0.480 e. The zero-order valence-corrected chi connectivity index (χ0v) is 24.0. The number of aryl methyl sites for hydroxylation is 1. The standard InChI is InChI=1S/C31H32F3N7O3/c1-19-9-12-41(39-19)24-8-7-21(20-5-3-2-4-6-20)15-22(24)27(31(32,33)34)44-26-16-25(37-29(35)38-26)40-13-10-30(11-14-40)17-23(28(42)43)36-18-30/h2-9,12,15-16,23,27,36H,10-11,13-14,17-18H2,1H3,(H,42,43)(H2,35,37,38). The van der Waals surface area contributed by atoms with Gasteiger partial charge in [0.15, 0.2) is 0 Å². The fourth-order valence-corrected chi connectivity index (χ4v) is 6.10. The third kappa shape index (κ3) is 6.05. The number of aliphatic carboxylic acids is 1. The van der Waals surface area contributed by atoms with E-state index in [0.717, 1.165) is 5.56 Å². The molecule has 0 radical (unpaired) electrons. The van der Waals surface area contributed by atoms with Gasteiger partial charge in [0.05, 0.1) is 11.4 Å². The molecule has 2 fully saturated rings. The predicted octanol–water partition coefficient (Wildman–Crippen LogP) is 4.94. The van der Waals surface area contributed by atoms with Gasteiger partial charge < -0.3 is 25.8 Å². The summed E-state index contributed by atoms with van der Waals surface area (Å²) in [6.45, 7) is 3.43. The number of benzene rings is 2. The van der Waals surface area contributed by atoms with Crippen LogP contribution in [0.25, 0.3) is 16.8 Å². The minimum absolute atomic E-state index is 0.137. The topological polar surface area (TPSA) is 131 Å². The van der Waals surface area contributed by atoms with E-state index >= 15 is 0 Å². The lowest BCUT2D eigenvalue weighted by Crippen LogP contribution is -2.41. The maximum Gasteiger partial charge on any atom is 0.429 e. The molecule has 0 aliphatic carbocycles. The third-order valence-corrected chi connectivity index (χ3v) is 8.44. The van der Waals surface area contributed by atoms with Gasteiger partial charge in [-0.2, -0.15) is 28.2 Å². The van der Waals surface area contributed by atoms with Crippen LogP contribution in [0.1, 0.15) is 36.6 Å². The summed E-state index contributed by atoms with van der Waals surface area (Å²) in [5, 5.41) is 16.8. The van der Waals surface area contributed by atoms with Crippen molar-refractivity contribution in [3.63, 3.8) is 0 Å². The number of nitrogens with one attached hydrogen (secondary N) is 1. The van der Waals surface area contributed by atoms with Crippen LogP contribution in [0.5, 0.6) is 5.88 Å². The molecule has 2 aliphatic rings. The molecule has 2 aliphatic heterocycles. The summed E-state index contributed by atoms with van der Waals surface area (Å²) in [5.41, 5.74) is 7.90. The fraction of sp³-hybridized carbons (Fsp3) is 0.355. The zero-order chi connectivity index (χ0) is 31.1. The first-order valence-electron chi connectivity index (χ1n) is 14.3. The summed E-state index contributed by atoms with van der Waals surface area (Å²) >= 11 is 0.